The molecule has 1 aliphatic rings. The van der Waals surface area contributed by atoms with E-state index in [0.29, 0.717) is 36.1 Å². The normalized spacial score (nSPS) is 14.5. The van der Waals surface area contributed by atoms with E-state index < -0.39 is 0 Å². The Morgan fingerprint density at radius 1 is 1.27 bits per heavy atom. The highest BCUT2D eigenvalue weighted by Gasteiger charge is 2.35. The van der Waals surface area contributed by atoms with Gasteiger partial charge in [0.15, 0.2) is 5.82 Å². The third-order valence-corrected chi connectivity index (χ3v) is 3.51. The first-order chi connectivity index (χ1) is 10.5. The third-order valence-electron chi connectivity index (χ3n) is 3.51. The second-order valence-electron chi connectivity index (χ2n) is 5.35. The molecule has 0 bridgehead atoms. The van der Waals surface area contributed by atoms with Crippen LogP contribution in [0.2, 0.25) is 0 Å². The first-order valence-electron chi connectivity index (χ1n) is 7.00. The number of hydrogen-bond acceptors (Lipinski definition) is 5. The number of likely N-dealkylation sites (tertiary alicyclic amines) is 1. The van der Waals surface area contributed by atoms with E-state index in [1.807, 2.05) is 0 Å². The fourth-order valence-electron chi connectivity index (χ4n) is 2.36. The van der Waals surface area contributed by atoms with Crippen molar-refractivity contribution in [3.8, 4) is 0 Å². The van der Waals surface area contributed by atoms with Crippen LogP contribution in [0.15, 0.2) is 28.8 Å². The predicted octanol–water partition coefficient (Wildman–Crippen LogP) is 1.58. The van der Waals surface area contributed by atoms with E-state index in [-0.39, 0.29) is 17.7 Å². The quantitative estimate of drug-likeness (QED) is 0.929. The van der Waals surface area contributed by atoms with Gasteiger partial charge in [-0.05, 0) is 31.2 Å². The minimum atomic E-state index is -0.139. The highest BCUT2D eigenvalue weighted by atomic mass is 16.5. The van der Waals surface area contributed by atoms with Crippen LogP contribution in [0.3, 0.4) is 0 Å². The molecule has 1 saturated heterocycles. The van der Waals surface area contributed by atoms with Crippen molar-refractivity contribution in [2.24, 2.45) is 0 Å². The second kappa shape index (κ2) is 5.59. The molecule has 114 valence electrons. The predicted molar refractivity (Wildman–Crippen MR) is 78.4 cm³/mol. The van der Waals surface area contributed by atoms with Gasteiger partial charge in [-0.2, -0.15) is 4.98 Å². The minimum Gasteiger partial charge on any atom is -0.339 e. The zero-order chi connectivity index (χ0) is 15.7. The summed E-state index contributed by atoms with van der Waals surface area (Å²) in [6.45, 7) is 4.37. The fraction of sp³-hybridized carbons (Fsp3) is 0.333. The molecule has 2 aromatic rings. The first kappa shape index (κ1) is 14.2. The Balaban J connectivity index is 1.60. The molecule has 1 fully saturated rings. The summed E-state index contributed by atoms with van der Waals surface area (Å²) >= 11 is 0. The summed E-state index contributed by atoms with van der Waals surface area (Å²) < 4.78 is 5.12. The number of aromatic nitrogens is 2. The minimum absolute atomic E-state index is 0.0399. The van der Waals surface area contributed by atoms with Crippen molar-refractivity contribution in [1.29, 1.82) is 0 Å². The fourth-order valence-corrected chi connectivity index (χ4v) is 2.36. The van der Waals surface area contributed by atoms with Crippen molar-refractivity contribution in [2.45, 2.75) is 19.8 Å². The molecule has 1 aromatic carbocycles. The highest BCUT2D eigenvalue weighted by molar-refractivity contribution is 5.96. The average molecular weight is 300 g/mol. The molecule has 1 N–H and O–H groups in total. The molecule has 0 unspecified atom stereocenters. The largest absolute Gasteiger partial charge is 0.339 e. The SMILES string of the molecule is CC(=O)Nc1ccc(C(=O)N2CC(c3nc(C)no3)C2)cc1. The van der Waals surface area contributed by atoms with Crippen LogP contribution in [0, 0.1) is 6.92 Å². The van der Waals surface area contributed by atoms with Gasteiger partial charge in [-0.25, -0.2) is 0 Å². The maximum atomic E-state index is 12.3. The Morgan fingerprint density at radius 2 is 1.95 bits per heavy atom. The summed E-state index contributed by atoms with van der Waals surface area (Å²) in [6, 6.07) is 6.84. The van der Waals surface area contributed by atoms with Crippen molar-refractivity contribution < 1.29 is 14.1 Å². The van der Waals surface area contributed by atoms with Gasteiger partial charge in [0.1, 0.15) is 0 Å². The number of rotatable bonds is 3. The number of amides is 2. The van der Waals surface area contributed by atoms with Gasteiger partial charge in [-0.1, -0.05) is 5.16 Å². The molecule has 0 aliphatic carbocycles. The lowest BCUT2D eigenvalue weighted by molar-refractivity contribution is -0.114. The molecule has 0 atom stereocenters. The molecule has 7 heteroatoms. The first-order valence-corrected chi connectivity index (χ1v) is 7.00. The Bertz CT molecular complexity index is 702. The molecule has 2 heterocycles. The van der Waals surface area contributed by atoms with Gasteiger partial charge in [-0.15, -0.1) is 0 Å². The lowest BCUT2D eigenvalue weighted by atomic mass is 9.98. The van der Waals surface area contributed by atoms with Crippen molar-refractivity contribution in [2.75, 3.05) is 18.4 Å². The van der Waals surface area contributed by atoms with Crippen LogP contribution in [0.5, 0.6) is 0 Å². The van der Waals surface area contributed by atoms with Crippen LogP contribution in [-0.2, 0) is 4.79 Å². The smallest absolute Gasteiger partial charge is 0.253 e. The number of nitrogens with zero attached hydrogens (tertiary/aromatic N) is 3. The van der Waals surface area contributed by atoms with Crippen LogP contribution >= 0.6 is 0 Å². The molecule has 1 aromatic heterocycles. The number of nitrogens with one attached hydrogen (secondary N) is 1. The topological polar surface area (TPSA) is 88.3 Å². The van der Waals surface area contributed by atoms with E-state index in [4.69, 9.17) is 4.52 Å². The Kier molecular flexibility index (Phi) is 3.62. The number of carbonyl (C=O) groups excluding carboxylic acids is 2. The highest BCUT2D eigenvalue weighted by Crippen LogP contribution is 2.27. The summed E-state index contributed by atoms with van der Waals surface area (Å²) in [5.74, 6) is 1.13. The van der Waals surface area contributed by atoms with Gasteiger partial charge >= 0.3 is 0 Å². The Hall–Kier alpha value is -2.70. The number of carbonyl (C=O) groups is 2. The van der Waals surface area contributed by atoms with E-state index >= 15 is 0 Å². The van der Waals surface area contributed by atoms with Gasteiger partial charge in [0.2, 0.25) is 11.8 Å². The molecular formula is C15H16N4O3. The van der Waals surface area contributed by atoms with Crippen LogP contribution in [0.25, 0.3) is 0 Å². The monoisotopic (exact) mass is 300 g/mol. The summed E-state index contributed by atoms with van der Waals surface area (Å²) in [5.41, 5.74) is 1.26. The molecule has 0 saturated carbocycles. The van der Waals surface area contributed by atoms with Gasteiger partial charge in [0, 0.05) is 31.3 Å². The van der Waals surface area contributed by atoms with Crippen LogP contribution in [0.4, 0.5) is 5.69 Å². The Morgan fingerprint density at radius 3 is 2.50 bits per heavy atom. The van der Waals surface area contributed by atoms with Gasteiger partial charge in [-0.3, -0.25) is 9.59 Å². The summed E-state index contributed by atoms with van der Waals surface area (Å²) in [6.07, 6.45) is 0. The number of hydrogen-bond donors (Lipinski definition) is 1. The van der Waals surface area contributed by atoms with E-state index in [2.05, 4.69) is 15.5 Å². The van der Waals surface area contributed by atoms with E-state index in [1.165, 1.54) is 6.92 Å². The van der Waals surface area contributed by atoms with Crippen molar-refractivity contribution in [1.82, 2.24) is 15.0 Å². The molecule has 2 amide bonds. The molecule has 0 spiro atoms. The summed E-state index contributed by atoms with van der Waals surface area (Å²) in [7, 11) is 0. The third kappa shape index (κ3) is 2.83. The number of anilines is 1. The average Bonchev–Trinajstić information content (AvgIpc) is 2.83. The van der Waals surface area contributed by atoms with Crippen LogP contribution in [0.1, 0.15) is 34.9 Å². The van der Waals surface area contributed by atoms with Crippen molar-refractivity contribution in [3.63, 3.8) is 0 Å². The molecule has 0 radical (unpaired) electrons. The summed E-state index contributed by atoms with van der Waals surface area (Å²) in [4.78, 5) is 29.2. The molecule has 22 heavy (non-hydrogen) atoms. The zero-order valence-corrected chi connectivity index (χ0v) is 12.4. The molecular weight excluding hydrogens is 284 g/mol. The second-order valence-corrected chi connectivity index (χ2v) is 5.35. The number of aryl methyl sites for hydroxylation is 1. The van der Waals surface area contributed by atoms with Crippen molar-refractivity contribution in [3.05, 3.63) is 41.5 Å². The maximum Gasteiger partial charge on any atom is 0.253 e. The maximum absolute atomic E-state index is 12.3. The zero-order valence-electron chi connectivity index (χ0n) is 12.4. The molecule has 7 nitrogen and oxygen atoms in total. The lowest BCUT2D eigenvalue weighted by Crippen LogP contribution is -2.48. The van der Waals surface area contributed by atoms with Crippen molar-refractivity contribution >= 4 is 17.5 Å². The van der Waals surface area contributed by atoms with Crippen LogP contribution in [-0.4, -0.2) is 39.9 Å². The van der Waals surface area contributed by atoms with Gasteiger partial charge in [0.05, 0.1) is 5.92 Å². The van der Waals surface area contributed by atoms with E-state index in [9.17, 15) is 9.59 Å². The molecule has 1 aliphatic heterocycles. The Labute approximate surface area is 127 Å². The number of benzene rings is 1. The standard InChI is InChI=1S/C15H16N4O3/c1-9-16-14(22-18-9)12-7-19(8-12)15(21)11-3-5-13(6-4-11)17-10(2)20/h3-6,12H,7-8H2,1-2H3,(H,17,20). The van der Waals surface area contributed by atoms with E-state index in [0.717, 1.165) is 0 Å². The van der Waals surface area contributed by atoms with Crippen LogP contribution < -0.4 is 5.32 Å². The van der Waals surface area contributed by atoms with E-state index in [1.54, 1.807) is 36.1 Å². The molecule has 3 rings (SSSR count). The van der Waals surface area contributed by atoms with Gasteiger partial charge in [0.25, 0.3) is 5.91 Å². The summed E-state index contributed by atoms with van der Waals surface area (Å²) in [5, 5.41) is 6.42. The van der Waals surface area contributed by atoms with Gasteiger partial charge < -0.3 is 14.7 Å². The lowest BCUT2D eigenvalue weighted by Gasteiger charge is -2.37.